The highest BCUT2D eigenvalue weighted by atomic mass is 31.2. The molecule has 0 aromatic heterocycles. The van der Waals surface area contributed by atoms with Crippen LogP contribution in [0.1, 0.15) is 38.3 Å². The summed E-state index contributed by atoms with van der Waals surface area (Å²) in [5, 5.41) is 6.77. The molecule has 1 heterocycles. The van der Waals surface area contributed by atoms with Crippen molar-refractivity contribution in [1.82, 2.24) is 4.90 Å². The summed E-state index contributed by atoms with van der Waals surface area (Å²) in [4.78, 5) is 29.7. The first-order valence-electron chi connectivity index (χ1n) is 14.1. The highest BCUT2D eigenvalue weighted by Gasteiger charge is 2.33. The minimum atomic E-state index is -3.57. The average molecular weight is 591 g/mol. The van der Waals surface area contributed by atoms with Crippen molar-refractivity contribution in [2.75, 3.05) is 55.9 Å². The van der Waals surface area contributed by atoms with Gasteiger partial charge in [0.25, 0.3) is 5.91 Å². The number of benzene rings is 3. The summed E-state index contributed by atoms with van der Waals surface area (Å²) < 4.78 is 24.7. The standard InChI is InChI=1S/C32H39N4O5P/c1-6-40-42(39,41-7-2)27-18-19-29-28(22-27)30(32(38)34-29)31(24-12-9-8-10-13-24)33-25-14-16-26(17-15-25)36(23(3)37)21-11-20-35(4)5/h8-10,12-19,22,33H,6-7,11,20-21H2,1-5H3,(H,34,38)/b31-30-. The minimum absolute atomic E-state index is 0.0204. The lowest BCUT2D eigenvalue weighted by Crippen LogP contribution is -2.31. The van der Waals surface area contributed by atoms with Crippen molar-refractivity contribution >= 4 is 53.0 Å². The van der Waals surface area contributed by atoms with Crippen LogP contribution < -0.4 is 20.8 Å². The molecule has 1 aliphatic rings. The summed E-state index contributed by atoms with van der Waals surface area (Å²) in [6, 6.07) is 22.2. The average Bonchev–Trinajstić information content (AvgIpc) is 3.29. The smallest absolute Gasteiger partial charge is 0.354 e. The highest BCUT2D eigenvalue weighted by Crippen LogP contribution is 2.48. The first-order valence-corrected chi connectivity index (χ1v) is 15.7. The van der Waals surface area contributed by atoms with Crippen LogP contribution in [0.5, 0.6) is 0 Å². The second-order valence-corrected chi connectivity index (χ2v) is 12.2. The highest BCUT2D eigenvalue weighted by molar-refractivity contribution is 7.62. The van der Waals surface area contributed by atoms with E-state index in [0.717, 1.165) is 29.9 Å². The van der Waals surface area contributed by atoms with Crippen molar-refractivity contribution in [3.05, 3.63) is 83.9 Å². The molecule has 0 saturated heterocycles. The molecule has 4 rings (SSSR count). The Balaban J connectivity index is 1.74. The van der Waals surface area contributed by atoms with E-state index in [0.29, 0.717) is 34.4 Å². The Labute approximate surface area is 248 Å². The van der Waals surface area contributed by atoms with Crippen LogP contribution >= 0.6 is 7.60 Å². The third-order valence-electron chi connectivity index (χ3n) is 6.79. The molecule has 3 aromatic rings. The van der Waals surface area contributed by atoms with Crippen LogP contribution in [0.15, 0.2) is 72.8 Å². The van der Waals surface area contributed by atoms with E-state index in [1.54, 1.807) is 43.9 Å². The van der Waals surface area contributed by atoms with Crippen molar-refractivity contribution in [1.29, 1.82) is 0 Å². The van der Waals surface area contributed by atoms with Crippen LogP contribution in [0.2, 0.25) is 0 Å². The fourth-order valence-electron chi connectivity index (χ4n) is 4.87. The minimum Gasteiger partial charge on any atom is -0.354 e. The quantitative estimate of drug-likeness (QED) is 0.191. The number of nitrogens with one attached hydrogen (secondary N) is 2. The van der Waals surface area contributed by atoms with Crippen LogP contribution in [0.3, 0.4) is 0 Å². The predicted octanol–water partition coefficient (Wildman–Crippen LogP) is 5.82. The Bertz CT molecular complexity index is 1480. The Hall–Kier alpha value is -3.75. The van der Waals surface area contributed by atoms with Gasteiger partial charge >= 0.3 is 7.60 Å². The summed E-state index contributed by atoms with van der Waals surface area (Å²) >= 11 is 0. The topological polar surface area (TPSA) is 100 Å². The molecular formula is C32H39N4O5P. The van der Waals surface area contributed by atoms with E-state index in [-0.39, 0.29) is 25.0 Å². The molecule has 2 N–H and O–H groups in total. The number of carbonyl (C=O) groups is 2. The second-order valence-electron chi connectivity index (χ2n) is 10.1. The molecule has 2 amide bonds. The van der Waals surface area contributed by atoms with Crippen molar-refractivity contribution in [3.63, 3.8) is 0 Å². The van der Waals surface area contributed by atoms with Crippen LogP contribution in [0.4, 0.5) is 17.1 Å². The number of carbonyl (C=O) groups excluding carboxylic acids is 2. The van der Waals surface area contributed by atoms with Gasteiger partial charge in [0, 0.05) is 36.1 Å². The first kappa shape index (κ1) is 31.2. The number of fused-ring (bicyclic) bond motifs is 1. The van der Waals surface area contributed by atoms with E-state index in [1.165, 1.54) is 0 Å². The lowest BCUT2D eigenvalue weighted by atomic mass is 10.00. The van der Waals surface area contributed by atoms with Gasteiger partial charge in [0.2, 0.25) is 5.91 Å². The molecule has 0 radical (unpaired) electrons. The third-order valence-corrected chi connectivity index (χ3v) is 8.90. The number of rotatable bonds is 13. The molecule has 0 saturated carbocycles. The van der Waals surface area contributed by atoms with Gasteiger partial charge in [0.15, 0.2) is 0 Å². The zero-order chi connectivity index (χ0) is 30.3. The molecule has 0 fully saturated rings. The van der Waals surface area contributed by atoms with Crippen molar-refractivity contribution in [2.24, 2.45) is 0 Å². The third kappa shape index (κ3) is 7.17. The first-order chi connectivity index (χ1) is 20.2. The molecule has 0 bridgehead atoms. The maximum absolute atomic E-state index is 13.6. The summed E-state index contributed by atoms with van der Waals surface area (Å²) in [5.41, 5.74) is 4.56. The Morgan fingerprint density at radius 3 is 2.19 bits per heavy atom. The van der Waals surface area contributed by atoms with Crippen LogP contribution in [0.25, 0.3) is 11.3 Å². The molecule has 42 heavy (non-hydrogen) atoms. The van der Waals surface area contributed by atoms with Crippen LogP contribution in [0, 0.1) is 0 Å². The Kier molecular flexibility index (Phi) is 10.4. The zero-order valence-electron chi connectivity index (χ0n) is 24.8. The Morgan fingerprint density at radius 2 is 1.60 bits per heavy atom. The summed E-state index contributed by atoms with van der Waals surface area (Å²) in [6.45, 7) is 7.03. The summed E-state index contributed by atoms with van der Waals surface area (Å²) in [6.07, 6.45) is 0.854. The number of anilines is 3. The maximum atomic E-state index is 13.6. The number of nitrogens with zero attached hydrogens (tertiary/aromatic N) is 2. The molecule has 0 spiro atoms. The molecular weight excluding hydrogens is 551 g/mol. The van der Waals surface area contributed by atoms with Gasteiger partial charge in [-0.05, 0) is 88.9 Å². The number of hydrogen-bond donors (Lipinski definition) is 2. The van der Waals surface area contributed by atoms with E-state index in [2.05, 4.69) is 15.5 Å². The van der Waals surface area contributed by atoms with E-state index in [1.807, 2.05) is 68.7 Å². The van der Waals surface area contributed by atoms with E-state index < -0.39 is 7.60 Å². The van der Waals surface area contributed by atoms with Gasteiger partial charge in [-0.2, -0.15) is 0 Å². The fourth-order valence-corrected chi connectivity index (χ4v) is 6.46. The molecule has 0 unspecified atom stereocenters. The fraction of sp³-hybridized carbons (Fsp3) is 0.312. The van der Waals surface area contributed by atoms with Crippen molar-refractivity contribution in [2.45, 2.75) is 27.2 Å². The van der Waals surface area contributed by atoms with E-state index in [4.69, 9.17) is 9.05 Å². The van der Waals surface area contributed by atoms with Crippen LogP contribution in [-0.4, -0.2) is 57.1 Å². The SMILES string of the molecule is CCOP(=O)(OCC)c1ccc2c(c1)/C(=C(/Nc1ccc(N(CCCN(C)C)C(C)=O)cc1)c1ccccc1)C(=O)N2. The van der Waals surface area contributed by atoms with Gasteiger partial charge in [-0.15, -0.1) is 0 Å². The molecule has 222 valence electrons. The normalized spacial score (nSPS) is 14.0. The summed E-state index contributed by atoms with van der Waals surface area (Å²) in [5.74, 6) is -0.301. The molecule has 0 aliphatic carbocycles. The second kappa shape index (κ2) is 13.9. The maximum Gasteiger partial charge on any atom is 0.361 e. The predicted molar refractivity (Wildman–Crippen MR) is 170 cm³/mol. The number of hydrogen-bond acceptors (Lipinski definition) is 7. The molecule has 1 aliphatic heterocycles. The van der Waals surface area contributed by atoms with Gasteiger partial charge in [-0.3, -0.25) is 14.2 Å². The van der Waals surface area contributed by atoms with Gasteiger partial charge in [-0.25, -0.2) is 0 Å². The molecule has 3 aromatic carbocycles. The van der Waals surface area contributed by atoms with Gasteiger partial charge in [0.05, 0.1) is 29.8 Å². The largest absolute Gasteiger partial charge is 0.361 e. The van der Waals surface area contributed by atoms with Gasteiger partial charge < -0.3 is 29.5 Å². The molecule has 9 nitrogen and oxygen atoms in total. The monoisotopic (exact) mass is 590 g/mol. The lowest BCUT2D eigenvalue weighted by molar-refractivity contribution is -0.116. The number of amides is 2. The van der Waals surface area contributed by atoms with Crippen molar-refractivity contribution in [3.8, 4) is 0 Å². The molecule has 10 heteroatoms. The lowest BCUT2D eigenvalue weighted by Gasteiger charge is -2.23. The van der Waals surface area contributed by atoms with E-state index >= 15 is 0 Å². The van der Waals surface area contributed by atoms with Gasteiger partial charge in [-0.1, -0.05) is 30.3 Å². The van der Waals surface area contributed by atoms with Gasteiger partial charge in [0.1, 0.15) is 0 Å². The van der Waals surface area contributed by atoms with Crippen molar-refractivity contribution < 1.29 is 23.2 Å². The van der Waals surface area contributed by atoms with E-state index in [9.17, 15) is 14.2 Å². The molecule has 0 atom stereocenters. The summed E-state index contributed by atoms with van der Waals surface area (Å²) in [7, 11) is 0.450. The Morgan fingerprint density at radius 1 is 0.929 bits per heavy atom. The van der Waals surface area contributed by atoms with Crippen LogP contribution in [-0.2, 0) is 23.2 Å². The zero-order valence-corrected chi connectivity index (χ0v) is 25.7.